The van der Waals surface area contributed by atoms with E-state index in [1.165, 1.54) is 0 Å². The molecule has 3 heteroatoms. The van der Waals surface area contributed by atoms with Crippen LogP contribution in [0.5, 0.6) is 0 Å². The van der Waals surface area contributed by atoms with E-state index in [0.717, 1.165) is 23.0 Å². The maximum atomic E-state index is 11.6. The number of hydrogen-bond donors (Lipinski definition) is 0. The van der Waals surface area contributed by atoms with Gasteiger partial charge in [0.1, 0.15) is 5.15 Å². The minimum atomic E-state index is 0.0211. The average molecular weight is 236 g/mol. The number of ketones is 1. The third kappa shape index (κ3) is 1.54. The Morgan fingerprint density at radius 2 is 2.12 bits per heavy atom. The van der Waals surface area contributed by atoms with E-state index in [0.29, 0.717) is 10.7 Å². The topological polar surface area (TPSA) is 22.0 Å². The Kier molecular flexibility index (Phi) is 2.76. The molecule has 0 bridgehead atoms. The van der Waals surface area contributed by atoms with Gasteiger partial charge >= 0.3 is 0 Å². The first kappa shape index (κ1) is 11.2. The van der Waals surface area contributed by atoms with Gasteiger partial charge in [0.05, 0.1) is 5.56 Å². The van der Waals surface area contributed by atoms with Gasteiger partial charge in [0, 0.05) is 17.4 Å². The van der Waals surface area contributed by atoms with Crippen molar-refractivity contribution in [2.24, 2.45) is 0 Å². The van der Waals surface area contributed by atoms with Crippen molar-refractivity contribution in [3.63, 3.8) is 0 Å². The lowest BCUT2D eigenvalue weighted by atomic mass is 10.1. The van der Waals surface area contributed by atoms with Crippen molar-refractivity contribution in [2.45, 2.75) is 27.3 Å². The zero-order valence-corrected chi connectivity index (χ0v) is 10.4. The zero-order chi connectivity index (χ0) is 11.9. The fraction of sp³-hybridized carbons (Fsp3) is 0.308. The van der Waals surface area contributed by atoms with Gasteiger partial charge in [-0.05, 0) is 32.9 Å². The number of halogens is 1. The van der Waals surface area contributed by atoms with Gasteiger partial charge in [-0.2, -0.15) is 0 Å². The molecule has 1 aromatic carbocycles. The van der Waals surface area contributed by atoms with Crippen LogP contribution in [0, 0.1) is 6.92 Å². The highest BCUT2D eigenvalue weighted by atomic mass is 35.5. The number of rotatable bonds is 2. The second-order valence-corrected chi connectivity index (χ2v) is 4.34. The molecule has 0 saturated carbocycles. The van der Waals surface area contributed by atoms with Gasteiger partial charge in [-0.3, -0.25) is 4.79 Å². The summed E-state index contributed by atoms with van der Waals surface area (Å²) in [6, 6.07) is 6.07. The van der Waals surface area contributed by atoms with E-state index in [4.69, 9.17) is 11.6 Å². The third-order valence-corrected chi connectivity index (χ3v) is 3.22. The van der Waals surface area contributed by atoms with Gasteiger partial charge in [-0.25, -0.2) is 0 Å². The molecule has 0 saturated heterocycles. The van der Waals surface area contributed by atoms with Crippen molar-refractivity contribution in [2.75, 3.05) is 0 Å². The molecule has 84 valence electrons. The standard InChI is InChI=1S/C13H14ClNO/c1-4-15-11-6-5-8(2)7-10(11)12(9(3)16)13(15)14/h5-7H,4H2,1-3H3. The number of aromatic nitrogens is 1. The molecule has 0 unspecified atom stereocenters. The Morgan fingerprint density at radius 1 is 1.44 bits per heavy atom. The molecule has 0 N–H and O–H groups in total. The van der Waals surface area contributed by atoms with Crippen LogP contribution in [0.1, 0.15) is 29.8 Å². The molecule has 0 atom stereocenters. The lowest BCUT2D eigenvalue weighted by molar-refractivity contribution is 0.101. The first-order valence-electron chi connectivity index (χ1n) is 5.35. The number of hydrogen-bond acceptors (Lipinski definition) is 1. The fourth-order valence-electron chi connectivity index (χ4n) is 2.08. The molecule has 2 aromatic rings. The van der Waals surface area contributed by atoms with E-state index >= 15 is 0 Å². The number of aryl methyl sites for hydroxylation is 2. The SMILES string of the molecule is CCn1c(Cl)c(C(C)=O)c2cc(C)ccc21. The van der Waals surface area contributed by atoms with Crippen LogP contribution < -0.4 is 0 Å². The summed E-state index contributed by atoms with van der Waals surface area (Å²) >= 11 is 6.24. The molecule has 0 aliphatic rings. The first-order chi connectivity index (χ1) is 7.56. The number of nitrogens with zero attached hydrogens (tertiary/aromatic N) is 1. The minimum absolute atomic E-state index is 0.0211. The Hall–Kier alpha value is -1.28. The summed E-state index contributed by atoms with van der Waals surface area (Å²) in [4.78, 5) is 11.6. The van der Waals surface area contributed by atoms with Gasteiger partial charge in [0.15, 0.2) is 5.78 Å². The predicted molar refractivity (Wildman–Crippen MR) is 67.4 cm³/mol. The van der Waals surface area contributed by atoms with E-state index in [1.807, 2.05) is 36.6 Å². The van der Waals surface area contributed by atoms with E-state index in [9.17, 15) is 4.79 Å². The first-order valence-corrected chi connectivity index (χ1v) is 5.73. The van der Waals surface area contributed by atoms with Gasteiger partial charge in [0.25, 0.3) is 0 Å². The van der Waals surface area contributed by atoms with Gasteiger partial charge in [-0.1, -0.05) is 23.2 Å². The van der Waals surface area contributed by atoms with Crippen LogP contribution in [0.4, 0.5) is 0 Å². The Balaban J connectivity index is 2.92. The summed E-state index contributed by atoms with van der Waals surface area (Å²) < 4.78 is 1.97. The number of carbonyl (C=O) groups is 1. The van der Waals surface area contributed by atoms with Crippen LogP contribution >= 0.6 is 11.6 Å². The molecular formula is C13H14ClNO. The maximum Gasteiger partial charge on any atom is 0.163 e. The minimum Gasteiger partial charge on any atom is -0.331 e. The second kappa shape index (κ2) is 3.95. The van der Waals surface area contributed by atoms with Crippen molar-refractivity contribution < 1.29 is 4.79 Å². The summed E-state index contributed by atoms with van der Waals surface area (Å²) in [7, 11) is 0. The van der Waals surface area contributed by atoms with Gasteiger partial charge < -0.3 is 4.57 Å². The molecule has 1 aromatic heterocycles. The van der Waals surface area contributed by atoms with E-state index in [2.05, 4.69) is 0 Å². The second-order valence-electron chi connectivity index (χ2n) is 3.99. The molecule has 16 heavy (non-hydrogen) atoms. The fourth-order valence-corrected chi connectivity index (χ4v) is 2.53. The highest BCUT2D eigenvalue weighted by Crippen LogP contribution is 2.31. The van der Waals surface area contributed by atoms with Crippen molar-refractivity contribution >= 4 is 28.3 Å². The summed E-state index contributed by atoms with van der Waals surface area (Å²) in [5.41, 5.74) is 2.81. The summed E-state index contributed by atoms with van der Waals surface area (Å²) in [6.45, 7) is 6.37. The van der Waals surface area contributed by atoms with Crippen LogP contribution in [0.15, 0.2) is 18.2 Å². The molecule has 0 amide bonds. The Labute approximate surface area is 99.8 Å². The Morgan fingerprint density at radius 3 is 2.69 bits per heavy atom. The monoisotopic (exact) mass is 235 g/mol. The van der Waals surface area contributed by atoms with Crippen LogP contribution in [-0.4, -0.2) is 10.4 Å². The summed E-state index contributed by atoms with van der Waals surface area (Å²) in [6.07, 6.45) is 0. The molecular weight excluding hydrogens is 222 g/mol. The van der Waals surface area contributed by atoms with Crippen molar-refractivity contribution in [1.29, 1.82) is 0 Å². The lowest BCUT2D eigenvalue weighted by Gasteiger charge is -2.01. The third-order valence-electron chi connectivity index (χ3n) is 2.82. The Bertz CT molecular complexity index is 569. The van der Waals surface area contributed by atoms with Crippen LogP contribution in [-0.2, 0) is 6.54 Å². The number of benzene rings is 1. The smallest absolute Gasteiger partial charge is 0.163 e. The van der Waals surface area contributed by atoms with Crippen LogP contribution in [0.25, 0.3) is 10.9 Å². The number of carbonyl (C=O) groups excluding carboxylic acids is 1. The highest BCUT2D eigenvalue weighted by Gasteiger charge is 2.17. The molecule has 0 aliphatic heterocycles. The lowest BCUT2D eigenvalue weighted by Crippen LogP contribution is -1.95. The van der Waals surface area contributed by atoms with E-state index in [-0.39, 0.29) is 5.78 Å². The van der Waals surface area contributed by atoms with Crippen molar-refractivity contribution in [1.82, 2.24) is 4.57 Å². The number of Topliss-reactive ketones (excluding diaryl/α,β-unsaturated/α-hetero) is 1. The highest BCUT2D eigenvalue weighted by molar-refractivity contribution is 6.35. The molecule has 2 rings (SSSR count). The molecule has 1 heterocycles. The summed E-state index contributed by atoms with van der Waals surface area (Å²) in [5, 5.41) is 1.51. The van der Waals surface area contributed by atoms with Crippen molar-refractivity contribution in [3.05, 3.63) is 34.5 Å². The van der Waals surface area contributed by atoms with Crippen LogP contribution in [0.2, 0.25) is 5.15 Å². The largest absolute Gasteiger partial charge is 0.331 e. The molecule has 0 radical (unpaired) electrons. The van der Waals surface area contributed by atoms with Gasteiger partial charge in [0.2, 0.25) is 0 Å². The summed E-state index contributed by atoms with van der Waals surface area (Å²) in [5.74, 6) is 0.0211. The van der Waals surface area contributed by atoms with Crippen molar-refractivity contribution in [3.8, 4) is 0 Å². The normalized spacial score (nSPS) is 11.0. The average Bonchev–Trinajstić information content (AvgIpc) is 2.48. The predicted octanol–water partition coefficient (Wildman–Crippen LogP) is 3.83. The van der Waals surface area contributed by atoms with Gasteiger partial charge in [-0.15, -0.1) is 0 Å². The quantitative estimate of drug-likeness (QED) is 0.726. The zero-order valence-electron chi connectivity index (χ0n) is 9.67. The molecule has 0 aliphatic carbocycles. The molecule has 2 nitrogen and oxygen atoms in total. The van der Waals surface area contributed by atoms with E-state index in [1.54, 1.807) is 6.92 Å². The maximum absolute atomic E-state index is 11.6. The van der Waals surface area contributed by atoms with E-state index < -0.39 is 0 Å². The van der Waals surface area contributed by atoms with Crippen LogP contribution in [0.3, 0.4) is 0 Å². The molecule has 0 spiro atoms. The number of fused-ring (bicyclic) bond motifs is 1. The molecule has 0 fully saturated rings.